The predicted molar refractivity (Wildman–Crippen MR) is 152 cm³/mol. The molecule has 0 aliphatic heterocycles. The molecule has 5 rings (SSSR count). The minimum atomic E-state index is -0.0517. The minimum Gasteiger partial charge on any atom is -0.487 e. The highest BCUT2D eigenvalue weighted by Crippen LogP contribution is 2.30. The standard InChI is InChI=1S/C26H17I2N3O2S/c1-14-7-21-22(8-15(14)2)31-25(32)23(34-26(31)30-21)11-16-9-19(27)24(20(28)10-16)33-13-18-6-4-3-5-17(18)12-29/h3-11H,13H2,1-2H3/b23-11-. The van der Waals surface area contributed by atoms with Gasteiger partial charge >= 0.3 is 0 Å². The highest BCUT2D eigenvalue weighted by atomic mass is 127. The Balaban J connectivity index is 1.51. The van der Waals surface area contributed by atoms with Gasteiger partial charge in [0.05, 0.1) is 34.3 Å². The molecule has 0 aliphatic rings. The number of imidazole rings is 1. The van der Waals surface area contributed by atoms with Crippen molar-refractivity contribution in [3.8, 4) is 11.8 Å². The lowest BCUT2D eigenvalue weighted by Crippen LogP contribution is -2.22. The number of benzene rings is 3. The number of halogens is 2. The predicted octanol–water partition coefficient (Wildman–Crippen LogP) is 5.73. The Morgan fingerprint density at radius 3 is 2.56 bits per heavy atom. The van der Waals surface area contributed by atoms with E-state index >= 15 is 0 Å². The van der Waals surface area contributed by atoms with Crippen molar-refractivity contribution in [3.63, 3.8) is 0 Å². The average Bonchev–Trinajstić information content (AvgIpc) is 3.29. The molecule has 0 bridgehead atoms. The molecular weight excluding hydrogens is 672 g/mol. The van der Waals surface area contributed by atoms with Gasteiger partial charge in [0.15, 0.2) is 4.96 Å². The van der Waals surface area contributed by atoms with Crippen molar-refractivity contribution in [2.45, 2.75) is 20.5 Å². The molecule has 0 saturated heterocycles. The Morgan fingerprint density at radius 1 is 1.12 bits per heavy atom. The van der Waals surface area contributed by atoms with E-state index in [0.717, 1.165) is 40.6 Å². The van der Waals surface area contributed by atoms with Gasteiger partial charge in [0, 0.05) is 5.56 Å². The fraction of sp³-hybridized carbons (Fsp3) is 0.115. The molecule has 0 N–H and O–H groups in total. The van der Waals surface area contributed by atoms with E-state index in [1.54, 1.807) is 10.5 Å². The number of aryl methyl sites for hydroxylation is 2. The van der Waals surface area contributed by atoms with Crippen LogP contribution in [0, 0.1) is 32.3 Å². The summed E-state index contributed by atoms with van der Waals surface area (Å²) < 4.78 is 10.3. The van der Waals surface area contributed by atoms with Crippen LogP contribution in [-0.2, 0) is 6.61 Å². The topological polar surface area (TPSA) is 67.4 Å². The minimum absolute atomic E-state index is 0.0517. The Hall–Kier alpha value is -2.49. The summed E-state index contributed by atoms with van der Waals surface area (Å²) in [6.07, 6.45) is 1.91. The molecule has 0 saturated carbocycles. The second-order valence-corrected chi connectivity index (χ2v) is 11.3. The SMILES string of the molecule is Cc1cc2nc3s/c(=C\c4cc(I)c(OCc5ccccc5C#N)c(I)c4)c(=O)n3c2cc1C. The molecule has 0 unspecified atom stereocenters. The molecule has 2 aromatic heterocycles. The molecule has 0 aliphatic carbocycles. The van der Waals surface area contributed by atoms with Crippen molar-refractivity contribution in [2.75, 3.05) is 0 Å². The van der Waals surface area contributed by atoms with Gasteiger partial charge in [-0.3, -0.25) is 4.79 Å². The monoisotopic (exact) mass is 689 g/mol. The molecule has 168 valence electrons. The molecule has 2 heterocycles. The van der Waals surface area contributed by atoms with Crippen molar-refractivity contribution in [3.05, 3.63) is 98.4 Å². The number of ether oxygens (including phenoxy) is 1. The number of nitriles is 1. The molecule has 5 aromatic rings. The van der Waals surface area contributed by atoms with Crippen molar-refractivity contribution >= 4 is 78.6 Å². The number of rotatable bonds is 4. The van der Waals surface area contributed by atoms with Crippen LogP contribution in [-0.4, -0.2) is 9.38 Å². The van der Waals surface area contributed by atoms with Crippen LogP contribution in [0.2, 0.25) is 0 Å². The first-order valence-corrected chi connectivity index (χ1v) is 13.4. The van der Waals surface area contributed by atoms with E-state index in [4.69, 9.17) is 4.74 Å². The van der Waals surface area contributed by atoms with E-state index in [2.05, 4.69) is 63.2 Å². The third-order valence-electron chi connectivity index (χ3n) is 5.68. The normalized spacial score (nSPS) is 11.9. The highest BCUT2D eigenvalue weighted by molar-refractivity contribution is 14.1. The van der Waals surface area contributed by atoms with E-state index in [1.165, 1.54) is 16.9 Å². The lowest BCUT2D eigenvalue weighted by atomic mass is 10.1. The molecule has 8 heteroatoms. The summed E-state index contributed by atoms with van der Waals surface area (Å²) in [4.78, 5) is 18.6. The van der Waals surface area contributed by atoms with E-state index in [9.17, 15) is 10.1 Å². The quantitative estimate of drug-likeness (QED) is 0.226. The summed E-state index contributed by atoms with van der Waals surface area (Å²) in [7, 11) is 0. The lowest BCUT2D eigenvalue weighted by Gasteiger charge is -2.12. The van der Waals surface area contributed by atoms with E-state index in [1.807, 2.05) is 55.5 Å². The first kappa shape index (κ1) is 23.3. The number of hydrogen-bond acceptors (Lipinski definition) is 5. The van der Waals surface area contributed by atoms with Gasteiger partial charge in [0.1, 0.15) is 12.4 Å². The van der Waals surface area contributed by atoms with Gasteiger partial charge in [0.2, 0.25) is 0 Å². The number of thiazole rings is 1. The summed E-state index contributed by atoms with van der Waals surface area (Å²) in [6.45, 7) is 4.42. The molecule has 0 fully saturated rings. The zero-order valence-corrected chi connectivity index (χ0v) is 23.4. The number of hydrogen-bond donors (Lipinski definition) is 0. The molecule has 0 radical (unpaired) electrons. The maximum atomic E-state index is 13.2. The largest absolute Gasteiger partial charge is 0.487 e. The zero-order valence-electron chi connectivity index (χ0n) is 18.2. The van der Waals surface area contributed by atoms with Crippen LogP contribution in [0.3, 0.4) is 0 Å². The zero-order chi connectivity index (χ0) is 24.0. The molecule has 0 amide bonds. The Bertz CT molecular complexity index is 1730. The van der Waals surface area contributed by atoms with Gasteiger partial charge in [-0.2, -0.15) is 5.26 Å². The van der Waals surface area contributed by atoms with Crippen molar-refractivity contribution in [2.24, 2.45) is 0 Å². The Kier molecular flexibility index (Phi) is 6.35. The Labute approximate surface area is 227 Å². The van der Waals surface area contributed by atoms with Gasteiger partial charge in [-0.1, -0.05) is 29.5 Å². The van der Waals surface area contributed by atoms with Crippen LogP contribution in [0.25, 0.3) is 22.1 Å². The maximum absolute atomic E-state index is 13.2. The molecule has 3 aromatic carbocycles. The van der Waals surface area contributed by atoms with Gasteiger partial charge in [-0.15, -0.1) is 0 Å². The van der Waals surface area contributed by atoms with Crippen LogP contribution in [0.15, 0.2) is 53.3 Å². The average molecular weight is 689 g/mol. The highest BCUT2D eigenvalue weighted by Gasteiger charge is 2.14. The van der Waals surface area contributed by atoms with Crippen LogP contribution in [0.4, 0.5) is 0 Å². The first-order valence-electron chi connectivity index (χ1n) is 10.4. The van der Waals surface area contributed by atoms with Gasteiger partial charge < -0.3 is 4.74 Å². The van der Waals surface area contributed by atoms with Gasteiger partial charge in [0.25, 0.3) is 5.56 Å². The fourth-order valence-electron chi connectivity index (χ4n) is 3.78. The summed E-state index contributed by atoms with van der Waals surface area (Å²) in [5.74, 6) is 0.770. The summed E-state index contributed by atoms with van der Waals surface area (Å²) in [5, 5.41) is 9.30. The molecule has 0 atom stereocenters. The fourth-order valence-corrected chi connectivity index (χ4v) is 6.89. The molecule has 0 spiro atoms. The van der Waals surface area contributed by atoms with Crippen molar-refractivity contribution in [1.82, 2.24) is 9.38 Å². The lowest BCUT2D eigenvalue weighted by molar-refractivity contribution is 0.301. The van der Waals surface area contributed by atoms with Gasteiger partial charge in [-0.25, -0.2) is 9.38 Å². The molecule has 34 heavy (non-hydrogen) atoms. The summed E-state index contributed by atoms with van der Waals surface area (Å²) >= 11 is 5.90. The second kappa shape index (κ2) is 9.28. The van der Waals surface area contributed by atoms with Crippen LogP contribution < -0.4 is 14.8 Å². The second-order valence-electron chi connectivity index (χ2n) is 7.94. The first-order chi connectivity index (χ1) is 16.4. The van der Waals surface area contributed by atoms with Crippen molar-refractivity contribution < 1.29 is 4.74 Å². The Morgan fingerprint density at radius 2 is 1.82 bits per heavy atom. The van der Waals surface area contributed by atoms with Gasteiger partial charge in [-0.05, 0) is 112 Å². The number of aromatic nitrogens is 2. The van der Waals surface area contributed by atoms with E-state index in [0.29, 0.717) is 21.7 Å². The van der Waals surface area contributed by atoms with E-state index < -0.39 is 0 Å². The molecule has 5 nitrogen and oxygen atoms in total. The third-order valence-corrected chi connectivity index (χ3v) is 8.25. The van der Waals surface area contributed by atoms with Crippen LogP contribution in [0.5, 0.6) is 5.75 Å². The smallest absolute Gasteiger partial charge is 0.274 e. The van der Waals surface area contributed by atoms with Crippen LogP contribution >= 0.6 is 56.5 Å². The summed E-state index contributed by atoms with van der Waals surface area (Å²) in [5.41, 5.74) is 6.35. The summed E-state index contributed by atoms with van der Waals surface area (Å²) in [6, 6.07) is 17.7. The number of nitrogens with zero attached hydrogens (tertiary/aromatic N) is 3. The molecular formula is C26H17I2N3O2S. The van der Waals surface area contributed by atoms with Crippen LogP contribution in [0.1, 0.15) is 27.8 Å². The third kappa shape index (κ3) is 4.21. The number of fused-ring (bicyclic) bond motifs is 3. The maximum Gasteiger partial charge on any atom is 0.274 e. The van der Waals surface area contributed by atoms with Crippen molar-refractivity contribution in [1.29, 1.82) is 5.26 Å². The van der Waals surface area contributed by atoms with E-state index in [-0.39, 0.29) is 5.56 Å².